The van der Waals surface area contributed by atoms with Gasteiger partial charge in [0.15, 0.2) is 0 Å². The van der Waals surface area contributed by atoms with Crippen molar-refractivity contribution in [3.63, 3.8) is 0 Å². The maximum atomic E-state index is 13.6. The number of aromatic nitrogens is 1. The van der Waals surface area contributed by atoms with Crippen molar-refractivity contribution in [1.82, 2.24) is 14.8 Å². The summed E-state index contributed by atoms with van der Waals surface area (Å²) in [5.74, 6) is -0.365. The smallest absolute Gasteiger partial charge is 0.416 e. The molecule has 1 unspecified atom stereocenters. The number of carbonyl (C=O) groups is 2. The average molecular weight is 470 g/mol. The summed E-state index contributed by atoms with van der Waals surface area (Å²) < 4.78 is 46.1. The summed E-state index contributed by atoms with van der Waals surface area (Å²) in [7, 11) is 0. The molecular formula is C23H30F3N3O4. The number of alkyl carbamates (subject to hydrolysis) is 1. The Balaban J connectivity index is 1.80. The fourth-order valence-electron chi connectivity index (χ4n) is 4.34. The maximum Gasteiger partial charge on any atom is 0.416 e. The third-order valence-corrected chi connectivity index (χ3v) is 6.09. The Morgan fingerprint density at radius 1 is 1.18 bits per heavy atom. The molecule has 182 valence electrons. The molecule has 1 aliphatic heterocycles. The van der Waals surface area contributed by atoms with Crippen molar-refractivity contribution in [2.24, 2.45) is 11.3 Å². The van der Waals surface area contributed by atoms with Crippen LogP contribution in [0.2, 0.25) is 0 Å². The number of halogens is 3. The van der Waals surface area contributed by atoms with Crippen LogP contribution in [0.4, 0.5) is 18.0 Å². The van der Waals surface area contributed by atoms with E-state index in [4.69, 9.17) is 4.74 Å². The number of carbonyl (C=O) groups excluding carboxylic acids is 2. The van der Waals surface area contributed by atoms with Crippen LogP contribution in [-0.4, -0.2) is 39.7 Å². The second kappa shape index (κ2) is 8.53. The minimum Gasteiger partial charge on any atom is -0.444 e. The van der Waals surface area contributed by atoms with Gasteiger partial charge in [0.2, 0.25) is 5.91 Å². The van der Waals surface area contributed by atoms with Gasteiger partial charge in [-0.3, -0.25) is 9.59 Å². The molecule has 10 heteroatoms. The molecule has 0 saturated carbocycles. The van der Waals surface area contributed by atoms with Gasteiger partial charge in [-0.2, -0.15) is 13.2 Å². The standard InChI is InChI=1S/C23H30F3N3O4/c1-14(2)22(7-6-16(12-22)27-20(32)33-21(3,4)5)19(31)28-8-9-29-17(13-28)10-15(11-18(29)30)23(24,25)26/h6-7,10-11,14,16H,8-9,12-13H2,1-5H3,(H,27,32)/t16?,22-/m0/s1. The van der Waals surface area contributed by atoms with E-state index < -0.39 is 40.5 Å². The summed E-state index contributed by atoms with van der Waals surface area (Å²) in [4.78, 5) is 39.5. The Labute approximate surface area is 190 Å². The van der Waals surface area contributed by atoms with Crippen LogP contribution in [0, 0.1) is 11.3 Å². The van der Waals surface area contributed by atoms with E-state index in [0.717, 1.165) is 6.07 Å². The fraction of sp³-hybridized carbons (Fsp3) is 0.609. The lowest BCUT2D eigenvalue weighted by atomic mass is 9.75. The van der Waals surface area contributed by atoms with E-state index in [1.807, 2.05) is 13.8 Å². The molecule has 0 radical (unpaired) electrons. The van der Waals surface area contributed by atoms with E-state index in [-0.39, 0.29) is 37.2 Å². The lowest BCUT2D eigenvalue weighted by molar-refractivity contribution is -0.143. The summed E-state index contributed by atoms with van der Waals surface area (Å²) in [6.07, 6.45) is -1.39. The third kappa shape index (κ3) is 5.25. The summed E-state index contributed by atoms with van der Waals surface area (Å²) in [6.45, 7) is 9.28. The molecule has 1 aromatic heterocycles. The van der Waals surface area contributed by atoms with Crippen LogP contribution < -0.4 is 10.9 Å². The number of ether oxygens (including phenoxy) is 1. The highest BCUT2D eigenvalue weighted by Crippen LogP contribution is 2.42. The molecule has 0 bridgehead atoms. The molecule has 2 amide bonds. The van der Waals surface area contributed by atoms with E-state index in [1.54, 1.807) is 32.9 Å². The first-order valence-corrected chi connectivity index (χ1v) is 10.9. The Morgan fingerprint density at radius 2 is 1.85 bits per heavy atom. The van der Waals surface area contributed by atoms with Gasteiger partial charge in [0, 0.05) is 24.8 Å². The van der Waals surface area contributed by atoms with Crippen molar-refractivity contribution in [2.45, 2.75) is 71.9 Å². The van der Waals surface area contributed by atoms with Crippen molar-refractivity contribution < 1.29 is 27.5 Å². The highest BCUT2D eigenvalue weighted by atomic mass is 19.4. The zero-order valence-corrected chi connectivity index (χ0v) is 19.5. The molecular weight excluding hydrogens is 439 g/mol. The Kier molecular flexibility index (Phi) is 6.43. The van der Waals surface area contributed by atoms with E-state index in [1.165, 1.54) is 9.47 Å². The summed E-state index contributed by atoms with van der Waals surface area (Å²) in [5.41, 5.74) is -3.18. The SMILES string of the molecule is CC(C)[C@]1(C(=O)N2CCn3c(cc(C(F)(F)F)cc3=O)C2)C=CC(NC(=O)OC(C)(C)C)C1. The summed E-state index contributed by atoms with van der Waals surface area (Å²) in [6, 6.07) is 1.10. The molecule has 3 rings (SSSR count). The van der Waals surface area contributed by atoms with Crippen molar-refractivity contribution in [1.29, 1.82) is 0 Å². The normalized spacial score (nSPS) is 22.9. The molecule has 33 heavy (non-hydrogen) atoms. The molecule has 2 aliphatic rings. The molecule has 1 N–H and O–H groups in total. The van der Waals surface area contributed by atoms with Gasteiger partial charge in [0.1, 0.15) is 5.60 Å². The number of rotatable bonds is 3. The molecule has 2 atom stereocenters. The minimum atomic E-state index is -4.64. The first-order valence-electron chi connectivity index (χ1n) is 10.9. The predicted octanol–water partition coefficient (Wildman–Crippen LogP) is 3.70. The molecule has 0 aromatic carbocycles. The molecule has 0 fully saturated rings. The molecule has 2 heterocycles. The van der Waals surface area contributed by atoms with Crippen LogP contribution >= 0.6 is 0 Å². The number of pyridine rings is 1. The number of hydrogen-bond donors (Lipinski definition) is 1. The Bertz CT molecular complexity index is 1020. The van der Waals surface area contributed by atoms with Crippen LogP contribution in [-0.2, 0) is 28.8 Å². The molecule has 0 spiro atoms. The van der Waals surface area contributed by atoms with Crippen LogP contribution in [0.25, 0.3) is 0 Å². The number of amides is 2. The predicted molar refractivity (Wildman–Crippen MR) is 115 cm³/mol. The minimum absolute atomic E-state index is 0.0928. The summed E-state index contributed by atoms with van der Waals surface area (Å²) in [5, 5.41) is 2.76. The van der Waals surface area contributed by atoms with Crippen molar-refractivity contribution in [3.05, 3.63) is 45.9 Å². The second-order valence-corrected chi connectivity index (χ2v) is 9.96. The van der Waals surface area contributed by atoms with E-state index >= 15 is 0 Å². The number of alkyl halides is 3. The monoisotopic (exact) mass is 469 g/mol. The van der Waals surface area contributed by atoms with Crippen LogP contribution in [0.3, 0.4) is 0 Å². The number of fused-ring (bicyclic) bond motifs is 1. The van der Waals surface area contributed by atoms with Gasteiger partial charge in [-0.1, -0.05) is 26.0 Å². The van der Waals surface area contributed by atoms with Gasteiger partial charge >= 0.3 is 12.3 Å². The molecule has 7 nitrogen and oxygen atoms in total. The second-order valence-electron chi connectivity index (χ2n) is 9.96. The van der Waals surface area contributed by atoms with Crippen LogP contribution in [0.1, 0.15) is 52.3 Å². The van der Waals surface area contributed by atoms with E-state index in [0.29, 0.717) is 12.5 Å². The van der Waals surface area contributed by atoms with Crippen molar-refractivity contribution in [2.75, 3.05) is 6.54 Å². The highest BCUT2D eigenvalue weighted by Gasteiger charge is 2.47. The zero-order chi connectivity index (χ0) is 24.8. The van der Waals surface area contributed by atoms with Crippen molar-refractivity contribution >= 4 is 12.0 Å². The van der Waals surface area contributed by atoms with Gasteiger partial charge in [0.05, 0.1) is 23.6 Å². The first kappa shape index (κ1) is 24.9. The third-order valence-electron chi connectivity index (χ3n) is 6.09. The van der Waals surface area contributed by atoms with E-state index in [2.05, 4.69) is 5.32 Å². The van der Waals surface area contributed by atoms with Gasteiger partial charge in [-0.15, -0.1) is 0 Å². The van der Waals surface area contributed by atoms with E-state index in [9.17, 15) is 27.6 Å². The average Bonchev–Trinajstić information content (AvgIpc) is 3.09. The van der Waals surface area contributed by atoms with Crippen LogP contribution in [0.15, 0.2) is 29.1 Å². The summed E-state index contributed by atoms with van der Waals surface area (Å²) >= 11 is 0. The fourth-order valence-corrected chi connectivity index (χ4v) is 4.34. The Hall–Kier alpha value is -2.78. The molecule has 1 aliphatic carbocycles. The van der Waals surface area contributed by atoms with Crippen LogP contribution in [0.5, 0.6) is 0 Å². The number of hydrogen-bond acceptors (Lipinski definition) is 4. The first-order chi connectivity index (χ1) is 15.1. The molecule has 0 saturated heterocycles. The maximum absolute atomic E-state index is 13.6. The van der Waals surface area contributed by atoms with Crippen molar-refractivity contribution in [3.8, 4) is 0 Å². The topological polar surface area (TPSA) is 80.6 Å². The molecule has 1 aromatic rings. The van der Waals surface area contributed by atoms with Gasteiger partial charge in [-0.25, -0.2) is 4.79 Å². The van der Waals surface area contributed by atoms with Gasteiger partial charge in [-0.05, 0) is 39.2 Å². The zero-order valence-electron chi connectivity index (χ0n) is 19.5. The number of nitrogens with zero attached hydrogens (tertiary/aromatic N) is 2. The lowest BCUT2D eigenvalue weighted by Gasteiger charge is -2.39. The number of nitrogens with one attached hydrogen (secondary N) is 1. The van der Waals surface area contributed by atoms with Gasteiger partial charge < -0.3 is 19.5 Å². The van der Waals surface area contributed by atoms with Gasteiger partial charge in [0.25, 0.3) is 5.56 Å². The largest absolute Gasteiger partial charge is 0.444 e. The quantitative estimate of drug-likeness (QED) is 0.685. The highest BCUT2D eigenvalue weighted by molar-refractivity contribution is 5.86. The lowest BCUT2D eigenvalue weighted by Crippen LogP contribution is -2.50. The Morgan fingerprint density at radius 3 is 2.42 bits per heavy atom.